The predicted molar refractivity (Wildman–Crippen MR) is 149 cm³/mol. The summed E-state index contributed by atoms with van der Waals surface area (Å²) >= 11 is 0. The Morgan fingerprint density at radius 3 is 0.946 bits per heavy atom. The molecule has 0 amide bonds. The molecule has 0 spiro atoms. The molecular weight excluding hydrogens is 456 g/mol. The molecular formula is C31H38N6. The molecule has 0 radical (unpaired) electrons. The number of hydrogen-bond donors (Lipinski definition) is 0. The first-order valence-corrected chi connectivity index (χ1v) is 13.1. The Bertz CT molecular complexity index is 1090. The van der Waals surface area contributed by atoms with Crippen molar-refractivity contribution >= 4 is 0 Å². The van der Waals surface area contributed by atoms with Crippen LogP contribution < -0.4 is 0 Å². The van der Waals surface area contributed by atoms with Crippen molar-refractivity contribution in [1.82, 2.24) is 29.7 Å². The number of nitrogens with zero attached hydrogens (tertiary/aromatic N) is 6. The Morgan fingerprint density at radius 1 is 0.432 bits per heavy atom. The monoisotopic (exact) mass is 494 g/mol. The molecule has 0 fully saturated rings. The number of aryl methyl sites for hydroxylation is 4. The number of hydrogen-bond acceptors (Lipinski definition) is 6. The molecule has 0 N–H and O–H groups in total. The van der Waals surface area contributed by atoms with E-state index in [4.69, 9.17) is 19.9 Å². The molecule has 4 heterocycles. The highest BCUT2D eigenvalue weighted by Crippen LogP contribution is 2.13. The van der Waals surface area contributed by atoms with E-state index in [1.54, 1.807) is 0 Å². The molecule has 0 aliphatic carbocycles. The van der Waals surface area contributed by atoms with Crippen LogP contribution in [0.5, 0.6) is 0 Å². The Morgan fingerprint density at radius 2 is 0.703 bits per heavy atom. The molecule has 0 unspecified atom stereocenters. The fourth-order valence-electron chi connectivity index (χ4n) is 4.61. The number of rotatable bonds is 12. The molecule has 6 heteroatoms. The Hall–Kier alpha value is -3.48. The minimum absolute atomic E-state index is 0.802. The van der Waals surface area contributed by atoms with Crippen molar-refractivity contribution in [1.29, 1.82) is 0 Å². The molecule has 0 bridgehead atoms. The number of pyridine rings is 4. The lowest BCUT2D eigenvalue weighted by atomic mass is 10.2. The maximum atomic E-state index is 4.75. The standard InChI is InChI=1S/C31H38N6/c1-24-10-5-14-28(32-24)20-36(21-29-15-6-11-25(2)33-29)18-9-19-37(22-30-16-7-12-26(3)34-30)23-31-17-8-13-27(4)35-31/h5-8,10-17H,9,18-23H2,1-4H3. The maximum Gasteiger partial charge on any atom is 0.0547 e. The third kappa shape index (κ3) is 8.85. The smallest absolute Gasteiger partial charge is 0.0547 e. The molecule has 4 aromatic heterocycles. The van der Waals surface area contributed by atoms with Crippen molar-refractivity contribution < 1.29 is 0 Å². The molecule has 0 atom stereocenters. The van der Waals surface area contributed by atoms with E-state index in [9.17, 15) is 0 Å². The lowest BCUT2D eigenvalue weighted by Gasteiger charge is -2.26. The van der Waals surface area contributed by atoms with Gasteiger partial charge in [-0.1, -0.05) is 24.3 Å². The second-order valence-corrected chi connectivity index (χ2v) is 9.86. The van der Waals surface area contributed by atoms with Gasteiger partial charge in [-0.15, -0.1) is 0 Å². The zero-order valence-electron chi connectivity index (χ0n) is 22.6. The summed E-state index contributed by atoms with van der Waals surface area (Å²) in [5, 5.41) is 0. The van der Waals surface area contributed by atoms with Crippen LogP contribution in [0.3, 0.4) is 0 Å². The van der Waals surface area contributed by atoms with Crippen LogP contribution in [-0.2, 0) is 26.2 Å². The lowest BCUT2D eigenvalue weighted by molar-refractivity contribution is 0.202. The van der Waals surface area contributed by atoms with Crippen LogP contribution in [0.25, 0.3) is 0 Å². The van der Waals surface area contributed by atoms with E-state index in [2.05, 4.69) is 58.3 Å². The van der Waals surface area contributed by atoms with E-state index in [-0.39, 0.29) is 0 Å². The van der Waals surface area contributed by atoms with E-state index in [1.807, 2.05) is 52.0 Å². The average molecular weight is 495 g/mol. The van der Waals surface area contributed by atoms with Crippen LogP contribution >= 0.6 is 0 Å². The van der Waals surface area contributed by atoms with E-state index >= 15 is 0 Å². The van der Waals surface area contributed by atoms with Crippen molar-refractivity contribution in [3.8, 4) is 0 Å². The minimum atomic E-state index is 0.802. The first-order chi connectivity index (χ1) is 17.9. The molecule has 0 aliphatic heterocycles. The van der Waals surface area contributed by atoms with Crippen molar-refractivity contribution in [2.45, 2.75) is 60.3 Å². The van der Waals surface area contributed by atoms with Gasteiger partial charge in [0.25, 0.3) is 0 Å². The largest absolute Gasteiger partial charge is 0.292 e. The average Bonchev–Trinajstić information content (AvgIpc) is 2.84. The Kier molecular flexibility index (Phi) is 9.46. The van der Waals surface area contributed by atoms with Gasteiger partial charge in [-0.05, 0) is 82.6 Å². The lowest BCUT2D eigenvalue weighted by Crippen LogP contribution is -2.30. The van der Waals surface area contributed by atoms with Crippen LogP contribution in [0.4, 0.5) is 0 Å². The van der Waals surface area contributed by atoms with E-state index in [0.717, 1.165) is 91.2 Å². The molecule has 4 aromatic rings. The van der Waals surface area contributed by atoms with E-state index < -0.39 is 0 Å². The van der Waals surface area contributed by atoms with Crippen LogP contribution in [0.2, 0.25) is 0 Å². The molecule has 37 heavy (non-hydrogen) atoms. The number of aromatic nitrogens is 4. The summed E-state index contributed by atoms with van der Waals surface area (Å²) in [6, 6.07) is 25.0. The summed E-state index contributed by atoms with van der Waals surface area (Å²) in [6.45, 7) is 13.3. The van der Waals surface area contributed by atoms with Gasteiger partial charge in [-0.3, -0.25) is 29.7 Å². The van der Waals surface area contributed by atoms with Crippen LogP contribution in [0.15, 0.2) is 72.8 Å². The molecule has 0 aromatic carbocycles. The fraction of sp³-hybridized carbons (Fsp3) is 0.355. The molecule has 0 saturated carbocycles. The summed E-state index contributed by atoms with van der Waals surface area (Å²) in [5.41, 5.74) is 8.58. The van der Waals surface area contributed by atoms with Crippen LogP contribution in [0, 0.1) is 27.7 Å². The topological polar surface area (TPSA) is 58.0 Å². The SMILES string of the molecule is Cc1cccc(CN(CCCN(Cc2cccc(C)n2)Cc2cccc(C)n2)Cc2cccc(C)n2)n1. The van der Waals surface area contributed by atoms with Gasteiger partial charge in [0, 0.05) is 62.0 Å². The van der Waals surface area contributed by atoms with Crippen LogP contribution in [0.1, 0.15) is 52.0 Å². The van der Waals surface area contributed by atoms with Gasteiger partial charge in [-0.2, -0.15) is 0 Å². The van der Waals surface area contributed by atoms with Gasteiger partial charge in [0.05, 0.1) is 22.8 Å². The summed E-state index contributed by atoms with van der Waals surface area (Å²) in [7, 11) is 0. The first kappa shape index (κ1) is 26.6. The third-order valence-corrected chi connectivity index (χ3v) is 6.28. The summed E-state index contributed by atoms with van der Waals surface area (Å²) in [5.74, 6) is 0. The zero-order chi connectivity index (χ0) is 26.0. The quantitative estimate of drug-likeness (QED) is 0.256. The first-order valence-electron chi connectivity index (χ1n) is 13.1. The van der Waals surface area contributed by atoms with Crippen molar-refractivity contribution in [2.75, 3.05) is 13.1 Å². The van der Waals surface area contributed by atoms with E-state index in [0.29, 0.717) is 0 Å². The molecule has 0 aliphatic rings. The van der Waals surface area contributed by atoms with Gasteiger partial charge in [0.2, 0.25) is 0 Å². The third-order valence-electron chi connectivity index (χ3n) is 6.28. The summed E-state index contributed by atoms with van der Waals surface area (Å²) in [6.07, 6.45) is 1.02. The highest BCUT2D eigenvalue weighted by atomic mass is 15.2. The van der Waals surface area contributed by atoms with Gasteiger partial charge < -0.3 is 0 Å². The van der Waals surface area contributed by atoms with Gasteiger partial charge in [-0.25, -0.2) is 0 Å². The maximum absolute atomic E-state index is 4.75. The fourth-order valence-corrected chi connectivity index (χ4v) is 4.61. The highest BCUT2D eigenvalue weighted by molar-refractivity contribution is 5.13. The molecule has 0 saturated heterocycles. The molecule has 6 nitrogen and oxygen atoms in total. The van der Waals surface area contributed by atoms with Gasteiger partial charge in [0.15, 0.2) is 0 Å². The van der Waals surface area contributed by atoms with Crippen molar-refractivity contribution in [3.05, 3.63) is 118 Å². The second kappa shape index (κ2) is 13.2. The van der Waals surface area contributed by atoms with E-state index in [1.165, 1.54) is 0 Å². The Balaban J connectivity index is 1.46. The summed E-state index contributed by atoms with van der Waals surface area (Å²) < 4.78 is 0. The highest BCUT2D eigenvalue weighted by Gasteiger charge is 2.13. The Labute approximate surface area is 221 Å². The van der Waals surface area contributed by atoms with Crippen molar-refractivity contribution in [3.63, 3.8) is 0 Å². The molecule has 192 valence electrons. The summed E-state index contributed by atoms with van der Waals surface area (Å²) in [4.78, 5) is 23.9. The molecule has 4 rings (SSSR count). The van der Waals surface area contributed by atoms with Gasteiger partial charge >= 0.3 is 0 Å². The normalized spacial score (nSPS) is 11.4. The zero-order valence-corrected chi connectivity index (χ0v) is 22.6. The van der Waals surface area contributed by atoms with Crippen LogP contribution in [-0.4, -0.2) is 42.8 Å². The predicted octanol–water partition coefficient (Wildman–Crippen LogP) is 5.59. The van der Waals surface area contributed by atoms with Crippen molar-refractivity contribution in [2.24, 2.45) is 0 Å². The van der Waals surface area contributed by atoms with Gasteiger partial charge in [0.1, 0.15) is 0 Å². The second-order valence-electron chi connectivity index (χ2n) is 9.86. The minimum Gasteiger partial charge on any atom is -0.292 e.